The summed E-state index contributed by atoms with van der Waals surface area (Å²) in [6.45, 7) is 6.01. The molecule has 0 aromatic heterocycles. The Kier molecular flexibility index (Phi) is 5.02. The van der Waals surface area contributed by atoms with E-state index in [4.69, 9.17) is 16.3 Å². The van der Waals surface area contributed by atoms with Gasteiger partial charge in [0.05, 0.1) is 23.8 Å². The highest BCUT2D eigenvalue weighted by molar-refractivity contribution is 6.30. The van der Waals surface area contributed by atoms with Gasteiger partial charge in [0.25, 0.3) is 0 Å². The normalized spacial score (nSPS) is 18.1. The molecule has 1 N–H and O–H groups in total. The number of carbonyl (C=O) groups is 1. The molecule has 1 aromatic rings. The van der Waals surface area contributed by atoms with Gasteiger partial charge < -0.3 is 4.74 Å². The highest BCUT2D eigenvalue weighted by atomic mass is 35.5. The lowest BCUT2D eigenvalue weighted by Crippen LogP contribution is -2.30. The van der Waals surface area contributed by atoms with Crippen molar-refractivity contribution in [2.75, 3.05) is 6.61 Å². The number of hydrogen-bond acceptors (Lipinski definition) is 4. The molecule has 2 rings (SSSR count). The van der Waals surface area contributed by atoms with Gasteiger partial charge >= 0.3 is 5.97 Å². The van der Waals surface area contributed by atoms with Gasteiger partial charge in [-0.3, -0.25) is 5.43 Å². The third-order valence-corrected chi connectivity index (χ3v) is 3.71. The summed E-state index contributed by atoms with van der Waals surface area (Å²) in [5.74, 6) is -0.490. The maximum atomic E-state index is 12.3. The molecule has 1 heterocycles. The summed E-state index contributed by atoms with van der Waals surface area (Å²) >= 11 is 5.95. The summed E-state index contributed by atoms with van der Waals surface area (Å²) in [7, 11) is 0. The Morgan fingerprint density at radius 2 is 2.00 bits per heavy atom. The smallest absolute Gasteiger partial charge is 0.336 e. The fourth-order valence-electron chi connectivity index (χ4n) is 2.44. The van der Waals surface area contributed by atoms with Crippen molar-refractivity contribution in [2.24, 2.45) is 5.10 Å². The summed E-state index contributed by atoms with van der Waals surface area (Å²) in [6, 6.07) is 7.50. The van der Waals surface area contributed by atoms with E-state index in [1.807, 2.05) is 38.1 Å². The molecule has 0 saturated carbocycles. The van der Waals surface area contributed by atoms with Crippen molar-refractivity contribution < 1.29 is 9.53 Å². The Morgan fingerprint density at radius 1 is 1.33 bits per heavy atom. The minimum atomic E-state index is -0.302. The maximum absolute atomic E-state index is 12.3. The van der Waals surface area contributed by atoms with E-state index in [1.54, 1.807) is 6.92 Å². The Labute approximate surface area is 129 Å². The SMILES string of the molecule is CCOC(=O)C1=C(C)NN=C(CC)C1c1ccc(Cl)cc1. The second-order valence-corrected chi connectivity index (χ2v) is 5.25. The molecular weight excluding hydrogens is 288 g/mol. The molecule has 1 aliphatic heterocycles. The summed E-state index contributed by atoms with van der Waals surface area (Å²) in [6.07, 6.45) is 0.747. The lowest BCUT2D eigenvalue weighted by atomic mass is 9.84. The van der Waals surface area contributed by atoms with Crippen LogP contribution in [-0.4, -0.2) is 18.3 Å². The van der Waals surface area contributed by atoms with Crippen LogP contribution in [0.15, 0.2) is 40.6 Å². The number of esters is 1. The fraction of sp³-hybridized carbons (Fsp3) is 0.375. The zero-order valence-electron chi connectivity index (χ0n) is 12.4. The summed E-state index contributed by atoms with van der Waals surface area (Å²) < 4.78 is 5.20. The molecular formula is C16H19ClN2O2. The molecule has 1 aromatic carbocycles. The quantitative estimate of drug-likeness (QED) is 0.864. The van der Waals surface area contributed by atoms with Crippen LogP contribution in [0.2, 0.25) is 5.02 Å². The molecule has 1 aliphatic rings. The van der Waals surface area contributed by atoms with Crippen molar-refractivity contribution in [3.05, 3.63) is 46.1 Å². The third kappa shape index (κ3) is 3.27. The molecule has 0 amide bonds. The Balaban J connectivity index is 2.48. The standard InChI is InChI=1S/C16H19ClN2O2/c1-4-13-15(11-6-8-12(17)9-7-11)14(10(3)18-19-13)16(20)21-5-2/h6-9,15,18H,4-5H2,1-3H3. The Bertz CT molecular complexity index is 591. The number of ether oxygens (including phenoxy) is 1. The molecule has 0 bridgehead atoms. The Hall–Kier alpha value is -1.81. The molecule has 0 aliphatic carbocycles. The van der Waals surface area contributed by atoms with Crippen molar-refractivity contribution >= 4 is 23.3 Å². The zero-order chi connectivity index (χ0) is 15.4. The van der Waals surface area contributed by atoms with Gasteiger partial charge in [-0.1, -0.05) is 30.7 Å². The summed E-state index contributed by atoms with van der Waals surface area (Å²) in [5, 5.41) is 5.04. The molecule has 112 valence electrons. The molecule has 1 unspecified atom stereocenters. The molecule has 0 radical (unpaired) electrons. The van der Waals surface area contributed by atoms with Gasteiger partial charge in [-0.05, 0) is 38.0 Å². The maximum Gasteiger partial charge on any atom is 0.336 e. The summed E-state index contributed by atoms with van der Waals surface area (Å²) in [4.78, 5) is 12.3. The monoisotopic (exact) mass is 306 g/mol. The van der Waals surface area contributed by atoms with Crippen molar-refractivity contribution in [1.29, 1.82) is 0 Å². The van der Waals surface area contributed by atoms with Gasteiger partial charge in [-0.25, -0.2) is 4.79 Å². The van der Waals surface area contributed by atoms with Crippen LogP contribution in [0.4, 0.5) is 0 Å². The van der Waals surface area contributed by atoms with Gasteiger partial charge in [-0.2, -0.15) is 5.10 Å². The number of nitrogens with zero attached hydrogens (tertiary/aromatic N) is 1. The number of halogens is 1. The predicted octanol–water partition coefficient (Wildman–Crippen LogP) is 3.63. The molecule has 0 fully saturated rings. The number of allylic oxidation sites excluding steroid dienone is 1. The van der Waals surface area contributed by atoms with E-state index in [1.165, 1.54) is 0 Å². The first-order valence-electron chi connectivity index (χ1n) is 7.04. The first-order chi connectivity index (χ1) is 10.1. The number of hydrazone groups is 1. The summed E-state index contributed by atoms with van der Waals surface area (Å²) in [5.41, 5.74) is 6.17. The van der Waals surface area contributed by atoms with Crippen LogP contribution in [0.25, 0.3) is 0 Å². The van der Waals surface area contributed by atoms with Crippen molar-refractivity contribution in [3.8, 4) is 0 Å². The van der Waals surface area contributed by atoms with Gasteiger partial charge in [0.1, 0.15) is 0 Å². The first-order valence-corrected chi connectivity index (χ1v) is 7.42. The van der Waals surface area contributed by atoms with Crippen LogP contribution in [0, 0.1) is 0 Å². The van der Waals surface area contributed by atoms with Gasteiger partial charge in [0, 0.05) is 10.7 Å². The van der Waals surface area contributed by atoms with Crippen LogP contribution in [0.1, 0.15) is 38.7 Å². The average molecular weight is 307 g/mol. The van der Waals surface area contributed by atoms with E-state index in [9.17, 15) is 4.79 Å². The van der Waals surface area contributed by atoms with Crippen LogP contribution in [-0.2, 0) is 9.53 Å². The fourth-order valence-corrected chi connectivity index (χ4v) is 2.57. The van der Waals surface area contributed by atoms with Crippen molar-refractivity contribution in [1.82, 2.24) is 5.43 Å². The average Bonchev–Trinajstić information content (AvgIpc) is 2.48. The lowest BCUT2D eigenvalue weighted by molar-refractivity contribution is -0.138. The number of rotatable bonds is 4. The minimum Gasteiger partial charge on any atom is -0.463 e. The van der Waals surface area contributed by atoms with Crippen LogP contribution in [0.3, 0.4) is 0 Å². The van der Waals surface area contributed by atoms with Crippen LogP contribution >= 0.6 is 11.6 Å². The molecule has 0 spiro atoms. The van der Waals surface area contributed by atoms with E-state index < -0.39 is 0 Å². The topological polar surface area (TPSA) is 50.7 Å². The van der Waals surface area contributed by atoms with E-state index in [0.717, 1.165) is 23.4 Å². The lowest BCUT2D eigenvalue weighted by Gasteiger charge is -2.27. The zero-order valence-corrected chi connectivity index (χ0v) is 13.2. The molecule has 1 atom stereocenters. The van der Waals surface area contributed by atoms with Crippen molar-refractivity contribution in [2.45, 2.75) is 33.1 Å². The van der Waals surface area contributed by atoms with Gasteiger partial charge in [-0.15, -0.1) is 0 Å². The van der Waals surface area contributed by atoms with E-state index in [0.29, 0.717) is 17.2 Å². The van der Waals surface area contributed by atoms with E-state index in [-0.39, 0.29) is 11.9 Å². The highest BCUT2D eigenvalue weighted by Gasteiger charge is 2.32. The first kappa shape index (κ1) is 15.6. The number of hydrogen-bond donors (Lipinski definition) is 1. The molecule has 5 heteroatoms. The molecule has 0 saturated heterocycles. The largest absolute Gasteiger partial charge is 0.463 e. The number of nitrogens with one attached hydrogen (secondary N) is 1. The number of carbonyl (C=O) groups excluding carboxylic acids is 1. The van der Waals surface area contributed by atoms with Crippen LogP contribution in [0.5, 0.6) is 0 Å². The van der Waals surface area contributed by atoms with E-state index in [2.05, 4.69) is 10.5 Å². The second-order valence-electron chi connectivity index (χ2n) is 4.81. The highest BCUT2D eigenvalue weighted by Crippen LogP contribution is 2.33. The molecule has 4 nitrogen and oxygen atoms in total. The second kappa shape index (κ2) is 6.76. The third-order valence-electron chi connectivity index (χ3n) is 3.45. The van der Waals surface area contributed by atoms with E-state index >= 15 is 0 Å². The Morgan fingerprint density at radius 3 is 2.57 bits per heavy atom. The molecule has 21 heavy (non-hydrogen) atoms. The predicted molar refractivity (Wildman–Crippen MR) is 84.4 cm³/mol. The van der Waals surface area contributed by atoms with Crippen molar-refractivity contribution in [3.63, 3.8) is 0 Å². The van der Waals surface area contributed by atoms with Gasteiger partial charge in [0.15, 0.2) is 0 Å². The minimum absolute atomic E-state index is 0.187. The number of benzene rings is 1. The van der Waals surface area contributed by atoms with Gasteiger partial charge in [0.2, 0.25) is 0 Å². The van der Waals surface area contributed by atoms with Crippen LogP contribution < -0.4 is 5.43 Å².